The maximum absolute atomic E-state index is 12.1. The van der Waals surface area contributed by atoms with Gasteiger partial charge in [0.25, 0.3) is 0 Å². The van der Waals surface area contributed by atoms with E-state index in [1.807, 2.05) is 60.7 Å². The number of thiocarbonyl (C=S) groups is 1. The minimum absolute atomic E-state index is 0. The number of hydrogen-bond acceptors (Lipinski definition) is 7. The molecule has 251 valence electrons. The van der Waals surface area contributed by atoms with Crippen LogP contribution in [0.1, 0.15) is 58.1 Å². The second-order valence-corrected chi connectivity index (χ2v) is 10.7. The van der Waals surface area contributed by atoms with E-state index >= 15 is 0 Å². The molecule has 50 heavy (non-hydrogen) atoms. The summed E-state index contributed by atoms with van der Waals surface area (Å²) in [6, 6.07) is 49.1. The van der Waals surface area contributed by atoms with Crippen LogP contribution in [0, 0.1) is 0 Å². The molecule has 0 aliphatic carbocycles. The first kappa shape index (κ1) is 38.5. The maximum Gasteiger partial charge on any atom is 2.00 e. The molecule has 0 atom stereocenters. The van der Waals surface area contributed by atoms with Gasteiger partial charge in [0, 0.05) is 44.6 Å². The third kappa shape index (κ3) is 11.0. The Morgan fingerprint density at radius 1 is 0.400 bits per heavy atom. The molecular formula is C41H29CuNO6S. The Bertz CT molecular complexity index is 1940. The Balaban J connectivity index is 0.000000201. The molecule has 1 N–H and O–H groups in total. The van der Waals surface area contributed by atoms with Gasteiger partial charge in [-0.3, -0.25) is 9.59 Å². The Labute approximate surface area is 305 Å². The van der Waals surface area contributed by atoms with Gasteiger partial charge in [-0.15, -0.1) is 0 Å². The SMILES string of the molecule is O=C([O-])c1ccccc1C(=O)c1ccccc1.O=C([O-])c1ccccc1C(=O)c1ccccc1.S=C(Nc1ccccc1)c1ccccc1.[Cu+2]. The van der Waals surface area contributed by atoms with Crippen LogP contribution in [0.4, 0.5) is 5.69 Å². The van der Waals surface area contributed by atoms with Crippen molar-refractivity contribution < 1.29 is 46.5 Å². The summed E-state index contributed by atoms with van der Waals surface area (Å²) in [6.45, 7) is 0. The first-order chi connectivity index (χ1) is 23.8. The summed E-state index contributed by atoms with van der Waals surface area (Å²) in [4.78, 5) is 46.7. The van der Waals surface area contributed by atoms with Gasteiger partial charge >= 0.3 is 17.1 Å². The summed E-state index contributed by atoms with van der Waals surface area (Å²) >= 11 is 5.29. The smallest absolute Gasteiger partial charge is 0.545 e. The van der Waals surface area contributed by atoms with Crippen LogP contribution in [0.2, 0.25) is 0 Å². The Morgan fingerprint density at radius 3 is 1.02 bits per heavy atom. The van der Waals surface area contributed by atoms with E-state index in [2.05, 4.69) is 5.32 Å². The Morgan fingerprint density at radius 2 is 0.680 bits per heavy atom. The van der Waals surface area contributed by atoms with Gasteiger partial charge in [0.15, 0.2) is 11.6 Å². The number of aromatic carboxylic acids is 2. The van der Waals surface area contributed by atoms with Crippen LogP contribution in [-0.4, -0.2) is 28.5 Å². The maximum atomic E-state index is 12.1. The van der Waals surface area contributed by atoms with Crippen molar-refractivity contribution >= 4 is 46.4 Å². The van der Waals surface area contributed by atoms with E-state index in [0.29, 0.717) is 11.1 Å². The predicted octanol–water partition coefficient (Wildman–Crippen LogP) is 6.03. The van der Waals surface area contributed by atoms with Crippen LogP contribution in [0.15, 0.2) is 170 Å². The number of ketones is 2. The molecule has 6 aromatic rings. The zero-order chi connectivity index (χ0) is 35.0. The summed E-state index contributed by atoms with van der Waals surface area (Å²) < 4.78 is 0. The molecule has 0 amide bonds. The predicted molar refractivity (Wildman–Crippen MR) is 190 cm³/mol. The van der Waals surface area contributed by atoms with Crippen molar-refractivity contribution in [3.63, 3.8) is 0 Å². The number of rotatable bonds is 8. The van der Waals surface area contributed by atoms with Crippen LogP contribution >= 0.6 is 12.2 Å². The number of carbonyl (C=O) groups is 4. The fraction of sp³-hybridized carbons (Fsp3) is 0. The molecule has 0 spiro atoms. The van der Waals surface area contributed by atoms with Crippen LogP contribution in [0.5, 0.6) is 0 Å². The summed E-state index contributed by atoms with van der Waals surface area (Å²) in [5.41, 5.74) is 3.12. The average Bonchev–Trinajstić information content (AvgIpc) is 3.16. The van der Waals surface area contributed by atoms with E-state index in [0.717, 1.165) is 16.2 Å². The van der Waals surface area contributed by atoms with Gasteiger partial charge < -0.3 is 25.1 Å². The zero-order valence-electron chi connectivity index (χ0n) is 26.3. The van der Waals surface area contributed by atoms with E-state index < -0.39 is 11.9 Å². The molecule has 7 nitrogen and oxygen atoms in total. The molecule has 0 unspecified atom stereocenters. The second kappa shape index (κ2) is 19.7. The Hall–Kier alpha value is -5.99. The van der Waals surface area contributed by atoms with Crippen molar-refractivity contribution in [3.8, 4) is 0 Å². The molecule has 0 heterocycles. The molecule has 0 aliphatic heterocycles. The Kier molecular flexibility index (Phi) is 15.2. The molecule has 0 aliphatic rings. The van der Waals surface area contributed by atoms with E-state index in [4.69, 9.17) is 12.2 Å². The van der Waals surface area contributed by atoms with Crippen molar-refractivity contribution in [3.05, 3.63) is 209 Å². The van der Waals surface area contributed by atoms with E-state index in [1.165, 1.54) is 24.3 Å². The number of carboxylic acids is 2. The van der Waals surface area contributed by atoms with Crippen LogP contribution in [0.25, 0.3) is 0 Å². The zero-order valence-corrected chi connectivity index (χ0v) is 28.1. The van der Waals surface area contributed by atoms with Crippen LogP contribution in [-0.2, 0) is 17.1 Å². The molecule has 0 saturated carbocycles. The number of nitrogens with one attached hydrogen (secondary N) is 1. The van der Waals surface area contributed by atoms with Gasteiger partial charge in [0.05, 0.1) is 11.9 Å². The third-order valence-electron chi connectivity index (χ3n) is 6.92. The first-order valence-corrected chi connectivity index (χ1v) is 15.4. The number of carbonyl (C=O) groups excluding carboxylic acids is 4. The molecule has 0 fully saturated rings. The fourth-order valence-corrected chi connectivity index (χ4v) is 4.78. The van der Waals surface area contributed by atoms with Gasteiger partial charge in [-0.05, 0) is 12.1 Å². The monoisotopic (exact) mass is 726 g/mol. The summed E-state index contributed by atoms with van der Waals surface area (Å²) in [7, 11) is 0. The average molecular weight is 727 g/mol. The van der Waals surface area contributed by atoms with E-state index in [1.54, 1.807) is 84.9 Å². The molecule has 0 saturated heterocycles. The normalized spacial score (nSPS) is 9.60. The number of carboxylic acid groups (broad SMARTS) is 2. The number of para-hydroxylation sites is 1. The van der Waals surface area contributed by atoms with E-state index in [-0.39, 0.29) is 50.9 Å². The quantitative estimate of drug-likeness (QED) is 0.114. The number of hydrogen-bond donors (Lipinski definition) is 1. The van der Waals surface area contributed by atoms with Crippen molar-refractivity contribution in [1.29, 1.82) is 0 Å². The van der Waals surface area contributed by atoms with Gasteiger partial charge in [0.1, 0.15) is 4.99 Å². The van der Waals surface area contributed by atoms with Crippen molar-refractivity contribution in [2.45, 2.75) is 0 Å². The standard InChI is InChI=1S/2C14H10O3.C13H11NS.Cu/c2*15-13(10-6-2-1-3-7-10)11-8-4-5-9-12(11)14(16)17;15-13(11-7-3-1-4-8-11)14-12-9-5-2-6-10-12;/h2*1-9H,(H,16,17);1-10H,(H,14,15);/q;;;+2/p-2. The fourth-order valence-electron chi connectivity index (χ4n) is 4.52. The first-order valence-electron chi connectivity index (χ1n) is 15.0. The molecule has 9 heteroatoms. The summed E-state index contributed by atoms with van der Waals surface area (Å²) in [5.74, 6) is -3.31. The van der Waals surface area contributed by atoms with E-state index in [9.17, 15) is 29.4 Å². The second-order valence-electron chi connectivity index (χ2n) is 10.2. The van der Waals surface area contributed by atoms with Crippen LogP contribution < -0.4 is 15.5 Å². The van der Waals surface area contributed by atoms with Crippen molar-refractivity contribution in [1.82, 2.24) is 0 Å². The topological polar surface area (TPSA) is 126 Å². The van der Waals surface area contributed by atoms with Gasteiger partial charge in [-0.2, -0.15) is 0 Å². The molecule has 1 radical (unpaired) electrons. The van der Waals surface area contributed by atoms with Gasteiger partial charge in [-0.1, -0.05) is 170 Å². The number of anilines is 1. The number of benzene rings is 6. The van der Waals surface area contributed by atoms with Crippen LogP contribution in [0.3, 0.4) is 0 Å². The molecule has 0 bridgehead atoms. The molecule has 6 aromatic carbocycles. The minimum atomic E-state index is -1.34. The molecule has 0 aromatic heterocycles. The summed E-state index contributed by atoms with van der Waals surface area (Å²) in [6.07, 6.45) is 0. The minimum Gasteiger partial charge on any atom is -0.545 e. The van der Waals surface area contributed by atoms with Crippen molar-refractivity contribution in [2.24, 2.45) is 0 Å². The largest absolute Gasteiger partial charge is 2.00 e. The molecular weight excluding hydrogens is 698 g/mol. The van der Waals surface area contributed by atoms with Gasteiger partial charge in [-0.25, -0.2) is 0 Å². The van der Waals surface area contributed by atoms with Gasteiger partial charge in [0.2, 0.25) is 0 Å². The third-order valence-corrected chi connectivity index (χ3v) is 7.26. The molecule has 6 rings (SSSR count). The van der Waals surface area contributed by atoms with Crippen molar-refractivity contribution in [2.75, 3.05) is 5.32 Å². The summed E-state index contributed by atoms with van der Waals surface area (Å²) in [5, 5.41) is 25.0.